The molecule has 1 aromatic heterocycles. The molecule has 0 aliphatic carbocycles. The van der Waals surface area contributed by atoms with Crippen LogP contribution in [0.4, 0.5) is 0 Å². The molecule has 1 heterocycles. The Hall–Kier alpha value is -6.90. The smallest absolute Gasteiger partial charge is 0.254 e. The maximum absolute atomic E-state index is 14.2. The van der Waals surface area contributed by atoms with Gasteiger partial charge in [-0.3, -0.25) is 9.59 Å². The summed E-state index contributed by atoms with van der Waals surface area (Å²) < 4.78 is 35.2. The van der Waals surface area contributed by atoms with E-state index in [4.69, 9.17) is 16.6 Å². The normalized spacial score (nSPS) is 12.0. The molecule has 0 fully saturated rings. The number of aryl methyl sites for hydroxylation is 2. The number of furan rings is 1. The Bertz CT molecular complexity index is 2840. The molecular formula is C55H55N3O5. The molecule has 8 heteroatoms. The summed E-state index contributed by atoms with van der Waals surface area (Å²) in [5.74, 6) is 1.07. The summed E-state index contributed by atoms with van der Waals surface area (Å²) in [4.78, 5) is 28.6. The van der Waals surface area contributed by atoms with Gasteiger partial charge in [-0.25, -0.2) is 0 Å². The van der Waals surface area contributed by atoms with E-state index in [0.29, 0.717) is 75.5 Å². The topological polar surface area (TPSA) is 93.0 Å². The molecule has 63 heavy (non-hydrogen) atoms. The number of amides is 2. The number of fused-ring (bicyclic) bond motifs is 3. The number of para-hydroxylation sites is 1. The van der Waals surface area contributed by atoms with Crippen LogP contribution in [-0.4, -0.2) is 50.1 Å². The van der Waals surface area contributed by atoms with Crippen LogP contribution in [0.5, 0.6) is 11.5 Å². The molecule has 8 nitrogen and oxygen atoms in total. The minimum atomic E-state index is -1.45. The quantitative estimate of drug-likeness (QED) is 0.0587. The van der Waals surface area contributed by atoms with Gasteiger partial charge in [-0.15, -0.1) is 0 Å². The van der Waals surface area contributed by atoms with Crippen LogP contribution in [0.1, 0.15) is 61.0 Å². The van der Waals surface area contributed by atoms with Crippen molar-refractivity contribution in [2.75, 3.05) is 33.4 Å². The number of nitrogens with one attached hydrogen (secondary N) is 2. The summed E-state index contributed by atoms with van der Waals surface area (Å²) in [5.41, 5.74) is 7.39. The molecule has 0 aliphatic rings. The van der Waals surface area contributed by atoms with Gasteiger partial charge in [0.1, 0.15) is 17.1 Å². The van der Waals surface area contributed by atoms with E-state index in [1.165, 1.54) is 0 Å². The molecule has 0 bridgehead atoms. The van der Waals surface area contributed by atoms with Gasteiger partial charge in [0, 0.05) is 56.9 Å². The summed E-state index contributed by atoms with van der Waals surface area (Å²) >= 11 is 0. The Morgan fingerprint density at radius 3 is 2.19 bits per heavy atom. The lowest BCUT2D eigenvalue weighted by molar-refractivity contribution is -0.121. The lowest BCUT2D eigenvalue weighted by atomic mass is 9.94. The minimum absolute atomic E-state index is 0.0531. The molecule has 0 saturated heterocycles. The second kappa shape index (κ2) is 20.8. The molecule has 8 rings (SSSR count). The van der Waals surface area contributed by atoms with Crippen LogP contribution in [0.15, 0.2) is 156 Å². The zero-order valence-electron chi connectivity index (χ0n) is 38.0. The van der Waals surface area contributed by atoms with E-state index in [2.05, 4.69) is 53.1 Å². The molecule has 0 saturated carbocycles. The zero-order chi connectivity index (χ0) is 45.2. The first kappa shape index (κ1) is 40.2. The van der Waals surface area contributed by atoms with Crippen molar-refractivity contribution < 1.29 is 26.2 Å². The number of benzene rings is 7. The molecule has 0 aliphatic heterocycles. The highest BCUT2D eigenvalue weighted by Crippen LogP contribution is 2.32. The Morgan fingerprint density at radius 1 is 0.730 bits per heavy atom. The predicted octanol–water partition coefficient (Wildman–Crippen LogP) is 11.5. The fraction of sp³-hybridized carbons (Fsp3) is 0.236. The monoisotopic (exact) mass is 839 g/mol. The molecule has 2 N–H and O–H groups in total. The zero-order valence-corrected chi connectivity index (χ0v) is 36.0. The highest BCUT2D eigenvalue weighted by molar-refractivity contribution is 6.02. The second-order valence-corrected chi connectivity index (χ2v) is 15.9. The largest absolute Gasteiger partial charge is 0.496 e. The average molecular weight is 840 g/mol. The van der Waals surface area contributed by atoms with Gasteiger partial charge in [-0.05, 0) is 120 Å². The van der Waals surface area contributed by atoms with Gasteiger partial charge in [0.05, 0.1) is 20.0 Å². The Kier molecular flexibility index (Phi) is 13.3. The first-order chi connectivity index (χ1) is 31.6. The van der Waals surface area contributed by atoms with Crippen LogP contribution in [0, 0.1) is 6.92 Å². The van der Waals surface area contributed by atoms with Gasteiger partial charge in [0.15, 0.2) is 0 Å². The highest BCUT2D eigenvalue weighted by atomic mass is 16.5. The summed E-state index contributed by atoms with van der Waals surface area (Å²) in [7, 11) is 1.61. The summed E-state index contributed by atoms with van der Waals surface area (Å²) in [6, 6.07) is 47.9. The fourth-order valence-electron chi connectivity index (χ4n) is 8.06. The van der Waals surface area contributed by atoms with E-state index in [0.717, 1.165) is 65.9 Å². The van der Waals surface area contributed by atoms with E-state index < -0.39 is 6.37 Å². The van der Waals surface area contributed by atoms with Gasteiger partial charge >= 0.3 is 0 Å². The number of carbonyl (C=O) groups excluding carboxylic acids is 2. The fourth-order valence-corrected chi connectivity index (χ4v) is 8.06. The maximum Gasteiger partial charge on any atom is 0.254 e. The molecule has 0 spiro atoms. The number of hydrogen-bond acceptors (Lipinski definition) is 6. The number of carbonyl (C=O) groups is 2. The van der Waals surface area contributed by atoms with Crippen molar-refractivity contribution >= 4 is 44.3 Å². The Balaban J connectivity index is 0.794. The van der Waals surface area contributed by atoms with Gasteiger partial charge in [0.2, 0.25) is 5.91 Å². The van der Waals surface area contributed by atoms with Crippen LogP contribution >= 0.6 is 0 Å². The van der Waals surface area contributed by atoms with Crippen LogP contribution in [-0.2, 0) is 24.3 Å². The minimum Gasteiger partial charge on any atom is -0.496 e. The third-order valence-electron chi connectivity index (χ3n) is 11.4. The maximum atomic E-state index is 14.2. The summed E-state index contributed by atoms with van der Waals surface area (Å²) in [6.07, 6.45) is 2.14. The highest BCUT2D eigenvalue weighted by Gasteiger charge is 2.20. The van der Waals surface area contributed by atoms with Crippen LogP contribution in [0.2, 0.25) is 0 Å². The number of rotatable bonds is 20. The Morgan fingerprint density at radius 2 is 1.44 bits per heavy atom. The predicted molar refractivity (Wildman–Crippen MR) is 254 cm³/mol. The molecule has 7 aromatic carbocycles. The second-order valence-electron chi connectivity index (χ2n) is 15.9. The van der Waals surface area contributed by atoms with E-state index in [1.54, 1.807) is 13.4 Å². The van der Waals surface area contributed by atoms with Crippen molar-refractivity contribution in [1.29, 1.82) is 0 Å². The van der Waals surface area contributed by atoms with Crippen molar-refractivity contribution in [2.24, 2.45) is 0 Å². The van der Waals surface area contributed by atoms with Crippen LogP contribution in [0.3, 0.4) is 0 Å². The molecule has 0 atom stereocenters. The third-order valence-corrected chi connectivity index (χ3v) is 11.4. The summed E-state index contributed by atoms with van der Waals surface area (Å²) in [6.45, 7) is 4.42. The first-order valence-corrected chi connectivity index (χ1v) is 21.7. The molecular weight excluding hydrogens is 783 g/mol. The number of hydrogen-bond donors (Lipinski definition) is 2. The van der Waals surface area contributed by atoms with Crippen molar-refractivity contribution in [2.45, 2.75) is 52.1 Å². The van der Waals surface area contributed by atoms with Gasteiger partial charge in [-0.2, -0.15) is 0 Å². The number of nitrogens with zero attached hydrogens (tertiary/aromatic N) is 1. The number of methoxy groups -OCH3 is 1. The average Bonchev–Trinajstić information content (AvgIpc) is 3.76. The van der Waals surface area contributed by atoms with E-state index in [1.807, 2.05) is 115 Å². The van der Waals surface area contributed by atoms with Gasteiger partial charge in [-0.1, -0.05) is 109 Å². The van der Waals surface area contributed by atoms with E-state index in [9.17, 15) is 9.59 Å². The standard InChI is InChI=1S/C55H55N3O5/c1-39-20-22-40(23-21-39)36-58(55(60)42-26-24-41(25-27-42)51-38-63-52-18-8-7-16-50(51)52)37-45-28-29-46(35-53(45)61-2)62-33-10-19-54(59)57-32-11-31-56-30-9-17-49-47-14-5-3-12-43(47)34-44-13-4-6-15-48(44)49/h3-8,12-16,18,20-29,34-35,38,56H,9-11,17,19,30-33,36-37H2,1-2H3,(H,57,59)/i9D2. The lowest BCUT2D eigenvalue weighted by Crippen LogP contribution is -2.30. The van der Waals surface area contributed by atoms with Crippen molar-refractivity contribution in [3.8, 4) is 22.6 Å². The van der Waals surface area contributed by atoms with Crippen molar-refractivity contribution in [1.82, 2.24) is 15.5 Å². The SMILES string of the molecule is [2H]C([2H])(CNCCCNC(=O)CCCOc1ccc(CN(Cc2ccc(C)cc2)C(=O)c2ccc(-c3coc4ccccc34)cc2)c(OC)c1)Cc1c2ccccc2cc2ccccc12. The van der Waals surface area contributed by atoms with Crippen LogP contribution in [0.25, 0.3) is 43.6 Å². The molecule has 8 aromatic rings. The Labute approximate surface area is 372 Å². The van der Waals surface area contributed by atoms with Crippen molar-refractivity contribution in [3.05, 3.63) is 180 Å². The molecule has 2 amide bonds. The van der Waals surface area contributed by atoms with E-state index in [-0.39, 0.29) is 18.4 Å². The first-order valence-electron chi connectivity index (χ1n) is 22.7. The molecule has 0 radical (unpaired) electrons. The van der Waals surface area contributed by atoms with Gasteiger partial charge in [0.25, 0.3) is 5.91 Å². The molecule has 0 unspecified atom stereocenters. The number of ether oxygens (including phenoxy) is 2. The van der Waals surface area contributed by atoms with E-state index >= 15 is 0 Å². The van der Waals surface area contributed by atoms with Gasteiger partial charge < -0.3 is 29.4 Å². The third kappa shape index (κ3) is 10.8. The summed E-state index contributed by atoms with van der Waals surface area (Å²) in [5, 5.41) is 11.7. The van der Waals surface area contributed by atoms with Crippen LogP contribution < -0.4 is 20.1 Å². The van der Waals surface area contributed by atoms with Crippen molar-refractivity contribution in [3.63, 3.8) is 0 Å². The molecule has 320 valence electrons. The lowest BCUT2D eigenvalue weighted by Gasteiger charge is -2.24.